The van der Waals surface area contributed by atoms with Crippen molar-refractivity contribution in [2.24, 2.45) is 0 Å². The highest BCUT2D eigenvalue weighted by atomic mass is 14.9. The zero-order valence-electron chi connectivity index (χ0n) is 32.0. The van der Waals surface area contributed by atoms with Gasteiger partial charge >= 0.3 is 0 Å². The molecule has 0 aliphatic heterocycles. The van der Waals surface area contributed by atoms with Crippen molar-refractivity contribution in [1.29, 1.82) is 0 Å². The van der Waals surface area contributed by atoms with E-state index in [-0.39, 0.29) is 0 Å². The van der Waals surface area contributed by atoms with Crippen LogP contribution in [0.15, 0.2) is 212 Å². The zero-order valence-corrected chi connectivity index (χ0v) is 32.0. The average molecular weight is 750 g/mol. The number of aromatic nitrogens is 3. The molecule has 274 valence electrons. The third-order valence-electron chi connectivity index (χ3n) is 12.3. The van der Waals surface area contributed by atoms with Gasteiger partial charge in [-0.15, -0.1) is 0 Å². The summed E-state index contributed by atoms with van der Waals surface area (Å²) in [6.45, 7) is 0. The molecule has 3 nitrogen and oxygen atoms in total. The van der Waals surface area contributed by atoms with E-state index >= 15 is 0 Å². The van der Waals surface area contributed by atoms with Gasteiger partial charge in [0.05, 0.1) is 28.2 Å². The molecule has 2 aromatic heterocycles. The molecule has 0 atom stereocenters. The van der Waals surface area contributed by atoms with Crippen LogP contribution in [0.25, 0.3) is 89.4 Å². The second-order valence-corrected chi connectivity index (χ2v) is 15.5. The topological polar surface area (TPSA) is 38.7 Å². The molecule has 59 heavy (non-hydrogen) atoms. The van der Waals surface area contributed by atoms with E-state index in [0.29, 0.717) is 5.82 Å². The molecule has 0 unspecified atom stereocenters. The van der Waals surface area contributed by atoms with Crippen LogP contribution in [0.4, 0.5) is 0 Å². The zero-order chi connectivity index (χ0) is 38.9. The monoisotopic (exact) mass is 749 g/mol. The van der Waals surface area contributed by atoms with Crippen LogP contribution < -0.4 is 0 Å². The van der Waals surface area contributed by atoms with Gasteiger partial charge in [0.25, 0.3) is 0 Å². The van der Waals surface area contributed by atoms with Crippen LogP contribution in [0, 0.1) is 0 Å². The van der Waals surface area contributed by atoms with Crippen molar-refractivity contribution in [3.63, 3.8) is 0 Å². The molecular formula is C56H35N3. The molecule has 8 aromatic carbocycles. The van der Waals surface area contributed by atoms with E-state index < -0.39 is 5.41 Å². The van der Waals surface area contributed by atoms with Crippen LogP contribution in [-0.2, 0) is 5.41 Å². The van der Waals surface area contributed by atoms with Gasteiger partial charge in [0.15, 0.2) is 5.82 Å². The van der Waals surface area contributed by atoms with E-state index in [4.69, 9.17) is 15.0 Å². The first-order chi connectivity index (χ1) is 29.3. The van der Waals surface area contributed by atoms with Crippen molar-refractivity contribution >= 4 is 10.8 Å². The Labute approximate surface area is 343 Å². The van der Waals surface area contributed by atoms with Gasteiger partial charge in [-0.05, 0) is 56.5 Å². The summed E-state index contributed by atoms with van der Waals surface area (Å²) in [6, 6.07) is 75.9. The van der Waals surface area contributed by atoms with Crippen LogP contribution in [0.5, 0.6) is 0 Å². The maximum Gasteiger partial charge on any atom is 0.160 e. The highest BCUT2D eigenvalue weighted by molar-refractivity contribution is 6.06. The fourth-order valence-electron chi connectivity index (χ4n) is 9.75. The number of pyridine rings is 1. The van der Waals surface area contributed by atoms with Crippen molar-refractivity contribution in [3.05, 3.63) is 235 Å². The minimum absolute atomic E-state index is 0.462. The van der Waals surface area contributed by atoms with Gasteiger partial charge < -0.3 is 0 Å². The van der Waals surface area contributed by atoms with Crippen molar-refractivity contribution in [2.45, 2.75) is 5.41 Å². The minimum atomic E-state index is -0.462. The fraction of sp³-hybridized carbons (Fsp3) is 0.0179. The summed E-state index contributed by atoms with van der Waals surface area (Å²) >= 11 is 0. The SMILES string of the molecule is c1ccc(-c2cccc(-c3cc(-c4ccc(-c5nc6c(c7ccccc57)C5(c7ccccc7-c7ccccc75)c5ccccc5-6)cc4)nc(-c4ccccc4)n3)c2)cc1. The van der Waals surface area contributed by atoms with Crippen LogP contribution in [0.2, 0.25) is 0 Å². The summed E-state index contributed by atoms with van der Waals surface area (Å²) in [5.41, 5.74) is 18.7. The smallest absolute Gasteiger partial charge is 0.160 e. The number of hydrogen-bond acceptors (Lipinski definition) is 3. The van der Waals surface area contributed by atoms with Gasteiger partial charge in [0.1, 0.15) is 0 Å². The van der Waals surface area contributed by atoms with Crippen molar-refractivity contribution in [1.82, 2.24) is 15.0 Å². The van der Waals surface area contributed by atoms with Crippen molar-refractivity contribution in [3.8, 4) is 78.7 Å². The Hall–Kier alpha value is -7.75. The second kappa shape index (κ2) is 13.2. The lowest BCUT2D eigenvalue weighted by atomic mass is 9.69. The van der Waals surface area contributed by atoms with E-state index in [1.54, 1.807) is 0 Å². The minimum Gasteiger partial charge on any atom is -0.247 e. The highest BCUT2D eigenvalue weighted by Gasteiger charge is 2.53. The molecule has 0 N–H and O–H groups in total. The molecule has 3 heteroatoms. The molecule has 0 radical (unpaired) electrons. The number of hydrogen-bond donors (Lipinski definition) is 0. The molecule has 2 aliphatic carbocycles. The Morgan fingerprint density at radius 2 is 0.780 bits per heavy atom. The van der Waals surface area contributed by atoms with Crippen molar-refractivity contribution < 1.29 is 0 Å². The first kappa shape index (κ1) is 33.4. The molecule has 0 fully saturated rings. The van der Waals surface area contributed by atoms with E-state index in [0.717, 1.165) is 56.0 Å². The molecular weight excluding hydrogens is 715 g/mol. The summed E-state index contributed by atoms with van der Waals surface area (Å²) in [5, 5.41) is 2.37. The van der Waals surface area contributed by atoms with E-state index in [1.165, 1.54) is 49.9 Å². The maximum atomic E-state index is 5.68. The average Bonchev–Trinajstić information content (AvgIpc) is 3.79. The summed E-state index contributed by atoms with van der Waals surface area (Å²) in [4.78, 5) is 16.0. The molecule has 2 heterocycles. The van der Waals surface area contributed by atoms with Gasteiger partial charge in [-0.1, -0.05) is 200 Å². The third-order valence-corrected chi connectivity index (χ3v) is 12.3. The number of fused-ring (bicyclic) bond motifs is 12. The molecule has 0 saturated heterocycles. The summed E-state index contributed by atoms with van der Waals surface area (Å²) in [6.07, 6.45) is 0. The number of nitrogens with zero attached hydrogens (tertiary/aromatic N) is 3. The molecule has 0 saturated carbocycles. The molecule has 1 spiro atoms. The Bertz CT molecular complexity index is 3210. The van der Waals surface area contributed by atoms with Crippen LogP contribution in [0.1, 0.15) is 22.3 Å². The Kier molecular flexibility index (Phi) is 7.45. The second-order valence-electron chi connectivity index (χ2n) is 15.5. The lowest BCUT2D eigenvalue weighted by Crippen LogP contribution is -2.26. The summed E-state index contributed by atoms with van der Waals surface area (Å²) < 4.78 is 0. The van der Waals surface area contributed by atoms with Crippen LogP contribution in [0.3, 0.4) is 0 Å². The van der Waals surface area contributed by atoms with Gasteiger partial charge in [0.2, 0.25) is 0 Å². The summed E-state index contributed by atoms with van der Waals surface area (Å²) in [7, 11) is 0. The predicted octanol–water partition coefficient (Wildman–Crippen LogP) is 13.7. The van der Waals surface area contributed by atoms with Crippen LogP contribution >= 0.6 is 0 Å². The standard InChI is InChI=1S/C56H35N3/c1-3-16-36(17-4-1)40-20-15-21-41(34-40)51-35-50(57-55(58-51)39-18-5-2-6-19-39)37-30-32-38(33-31-37)53-45-25-8-7-24-44(45)52-54(59-53)46-26-11-14-29-49(46)56(52)47-27-12-9-22-42(47)43-23-10-13-28-48(43)56/h1-35H. The fourth-order valence-corrected chi connectivity index (χ4v) is 9.75. The third kappa shape index (κ3) is 5.05. The largest absolute Gasteiger partial charge is 0.247 e. The van der Waals surface area contributed by atoms with E-state index in [2.05, 4.69) is 188 Å². The van der Waals surface area contributed by atoms with Crippen LogP contribution in [-0.4, -0.2) is 15.0 Å². The Morgan fingerprint density at radius 1 is 0.288 bits per heavy atom. The molecule has 0 bridgehead atoms. The number of rotatable bonds is 5. The lowest BCUT2D eigenvalue weighted by molar-refractivity contribution is 0.799. The van der Waals surface area contributed by atoms with Gasteiger partial charge in [0, 0.05) is 38.8 Å². The normalized spacial score (nSPS) is 12.9. The Balaban J connectivity index is 1.02. The first-order valence-corrected chi connectivity index (χ1v) is 20.2. The summed E-state index contributed by atoms with van der Waals surface area (Å²) in [5.74, 6) is 0.696. The Morgan fingerprint density at radius 3 is 1.46 bits per heavy atom. The van der Waals surface area contributed by atoms with Gasteiger partial charge in [-0.3, -0.25) is 0 Å². The highest BCUT2D eigenvalue weighted by Crippen LogP contribution is 2.64. The van der Waals surface area contributed by atoms with Crippen molar-refractivity contribution in [2.75, 3.05) is 0 Å². The van der Waals surface area contributed by atoms with E-state index in [1.807, 2.05) is 24.3 Å². The quantitative estimate of drug-likeness (QED) is 0.176. The van der Waals surface area contributed by atoms with Gasteiger partial charge in [-0.2, -0.15) is 0 Å². The molecule has 10 aromatic rings. The molecule has 0 amide bonds. The predicted molar refractivity (Wildman–Crippen MR) is 241 cm³/mol. The maximum absolute atomic E-state index is 5.68. The number of benzene rings is 8. The molecule has 2 aliphatic rings. The lowest BCUT2D eigenvalue weighted by Gasteiger charge is -2.31. The first-order valence-electron chi connectivity index (χ1n) is 20.2. The molecule has 12 rings (SSSR count). The van der Waals surface area contributed by atoms with E-state index in [9.17, 15) is 0 Å². The van der Waals surface area contributed by atoms with Gasteiger partial charge in [-0.25, -0.2) is 15.0 Å².